The van der Waals surface area contributed by atoms with E-state index in [1.54, 1.807) is 36.5 Å². The zero-order valence-corrected chi connectivity index (χ0v) is 17.7. The Morgan fingerprint density at radius 3 is 2.34 bits per heavy atom. The van der Waals surface area contributed by atoms with Gasteiger partial charge in [0.2, 0.25) is 0 Å². The van der Waals surface area contributed by atoms with Gasteiger partial charge in [-0.3, -0.25) is 9.54 Å². The standard InChI is InChI=1S/C22H18N6O3S/c1-14-5-4-6-15(11-14)19-10-9-16(13-24-19)25-26-20-12-21(32(29,30)31)17-7-2-3-8-18(17)22(20)27-28-23/h2-13H,1H3,(H2,23,27)(H,29,30,31)/b26-25+. The predicted molar refractivity (Wildman–Crippen MR) is 121 cm³/mol. The molecule has 4 rings (SSSR count). The zero-order chi connectivity index (χ0) is 22.7. The Hall–Kier alpha value is -4.02. The molecule has 1 aromatic heterocycles. The minimum atomic E-state index is -4.52. The molecule has 0 unspecified atom stereocenters. The molecular weight excluding hydrogens is 428 g/mol. The van der Waals surface area contributed by atoms with Crippen molar-refractivity contribution in [3.05, 3.63) is 78.5 Å². The first-order valence-electron chi connectivity index (χ1n) is 9.46. The van der Waals surface area contributed by atoms with Gasteiger partial charge >= 0.3 is 0 Å². The lowest BCUT2D eigenvalue weighted by molar-refractivity contribution is 0.484. The van der Waals surface area contributed by atoms with E-state index in [1.807, 2.05) is 37.3 Å². The van der Waals surface area contributed by atoms with Crippen LogP contribution >= 0.6 is 0 Å². The number of benzene rings is 3. The van der Waals surface area contributed by atoms with Crippen LogP contribution in [0.15, 0.2) is 98.4 Å². The molecule has 0 saturated carbocycles. The Balaban J connectivity index is 1.77. The van der Waals surface area contributed by atoms with E-state index in [-0.39, 0.29) is 21.7 Å². The molecule has 0 radical (unpaired) electrons. The summed E-state index contributed by atoms with van der Waals surface area (Å²) >= 11 is 0. The van der Waals surface area contributed by atoms with Gasteiger partial charge in [0.15, 0.2) is 0 Å². The van der Waals surface area contributed by atoms with Crippen LogP contribution in [0.1, 0.15) is 5.56 Å². The minimum Gasteiger partial charge on any atom is -0.305 e. The van der Waals surface area contributed by atoms with Crippen LogP contribution in [0.3, 0.4) is 0 Å². The van der Waals surface area contributed by atoms with E-state index >= 15 is 0 Å². The van der Waals surface area contributed by atoms with Crippen molar-refractivity contribution in [2.24, 2.45) is 26.4 Å². The van der Waals surface area contributed by atoms with E-state index in [4.69, 9.17) is 5.84 Å². The fourth-order valence-electron chi connectivity index (χ4n) is 3.30. The molecule has 1 heterocycles. The lowest BCUT2D eigenvalue weighted by Gasteiger charge is -2.08. The van der Waals surface area contributed by atoms with Crippen molar-refractivity contribution in [2.45, 2.75) is 11.8 Å². The zero-order valence-electron chi connectivity index (χ0n) is 16.9. The van der Waals surface area contributed by atoms with Crippen molar-refractivity contribution in [1.82, 2.24) is 4.98 Å². The van der Waals surface area contributed by atoms with Crippen molar-refractivity contribution < 1.29 is 13.0 Å². The molecule has 0 spiro atoms. The molecule has 0 bridgehead atoms. The van der Waals surface area contributed by atoms with Gasteiger partial charge in [-0.05, 0) is 31.2 Å². The van der Waals surface area contributed by atoms with Gasteiger partial charge in [0.05, 0.1) is 11.9 Å². The summed E-state index contributed by atoms with van der Waals surface area (Å²) in [6.07, 6.45) is 1.55. The lowest BCUT2D eigenvalue weighted by atomic mass is 10.1. The van der Waals surface area contributed by atoms with Crippen molar-refractivity contribution >= 4 is 38.0 Å². The number of rotatable bonds is 5. The number of fused-ring (bicyclic) bond motifs is 1. The number of hydrogen-bond acceptors (Lipinski definition) is 7. The first-order chi connectivity index (χ1) is 15.4. The second-order valence-corrected chi connectivity index (χ2v) is 8.34. The Bertz CT molecular complexity index is 1470. The topological polar surface area (TPSA) is 143 Å². The number of nitrogens with two attached hydrogens (primary N) is 1. The first-order valence-corrected chi connectivity index (χ1v) is 10.9. The normalized spacial score (nSPS) is 12.2. The quantitative estimate of drug-likeness (QED) is 0.172. The van der Waals surface area contributed by atoms with Crippen LogP contribution in [-0.2, 0) is 10.1 Å². The van der Waals surface area contributed by atoms with Gasteiger partial charge < -0.3 is 5.84 Å². The molecule has 9 nitrogen and oxygen atoms in total. The van der Waals surface area contributed by atoms with E-state index in [2.05, 4.69) is 25.5 Å². The van der Waals surface area contributed by atoms with Crippen molar-refractivity contribution in [3.63, 3.8) is 0 Å². The van der Waals surface area contributed by atoms with Gasteiger partial charge in [-0.1, -0.05) is 53.3 Å². The van der Waals surface area contributed by atoms with Crippen LogP contribution in [0.2, 0.25) is 0 Å². The summed E-state index contributed by atoms with van der Waals surface area (Å²) in [5, 5.41) is 16.2. The SMILES string of the molecule is Cc1cccc(-c2ccc(/N=N/c3cc(S(=O)(=O)O)c4ccccc4c3N=NN)cn2)c1. The predicted octanol–water partition coefficient (Wildman–Crippen LogP) is 5.83. The number of nitrogens with zero attached hydrogens (tertiary/aromatic N) is 5. The van der Waals surface area contributed by atoms with Gasteiger partial charge in [-0.15, -0.1) is 15.3 Å². The molecule has 0 saturated heterocycles. The highest BCUT2D eigenvalue weighted by atomic mass is 32.2. The molecule has 4 aromatic rings. The van der Waals surface area contributed by atoms with Gasteiger partial charge in [0, 0.05) is 16.3 Å². The highest BCUT2D eigenvalue weighted by Gasteiger charge is 2.19. The molecule has 32 heavy (non-hydrogen) atoms. The van der Waals surface area contributed by atoms with Crippen LogP contribution in [-0.4, -0.2) is 18.0 Å². The van der Waals surface area contributed by atoms with E-state index in [0.717, 1.165) is 16.8 Å². The van der Waals surface area contributed by atoms with Crippen molar-refractivity contribution in [3.8, 4) is 11.3 Å². The summed E-state index contributed by atoms with van der Waals surface area (Å²) in [4.78, 5) is 4.10. The van der Waals surface area contributed by atoms with Crippen molar-refractivity contribution in [1.29, 1.82) is 0 Å². The van der Waals surface area contributed by atoms with Gasteiger partial charge in [-0.2, -0.15) is 8.42 Å². The summed E-state index contributed by atoms with van der Waals surface area (Å²) in [6.45, 7) is 2.01. The van der Waals surface area contributed by atoms with Gasteiger partial charge in [0.25, 0.3) is 10.1 Å². The maximum atomic E-state index is 11.9. The Morgan fingerprint density at radius 2 is 1.69 bits per heavy atom. The van der Waals surface area contributed by atoms with Gasteiger partial charge in [0.1, 0.15) is 22.0 Å². The van der Waals surface area contributed by atoms with Gasteiger partial charge in [-0.25, -0.2) is 0 Å². The third-order valence-corrected chi connectivity index (χ3v) is 5.62. The minimum absolute atomic E-state index is 0.0771. The molecule has 0 aliphatic rings. The monoisotopic (exact) mass is 446 g/mol. The Labute approximate surface area is 184 Å². The number of azo groups is 1. The van der Waals surface area contributed by atoms with Crippen molar-refractivity contribution in [2.75, 3.05) is 0 Å². The molecule has 3 N–H and O–H groups in total. The molecule has 0 aliphatic heterocycles. The van der Waals surface area contributed by atoms with E-state index in [9.17, 15) is 13.0 Å². The maximum absolute atomic E-state index is 11.9. The van der Waals surface area contributed by atoms with E-state index in [0.29, 0.717) is 11.1 Å². The van der Waals surface area contributed by atoms with E-state index < -0.39 is 10.1 Å². The van der Waals surface area contributed by atoms with Crippen LogP contribution in [0.5, 0.6) is 0 Å². The summed E-state index contributed by atoms with van der Waals surface area (Å²) in [5.74, 6) is 5.24. The number of aryl methyl sites for hydroxylation is 1. The largest absolute Gasteiger partial charge is 0.305 e. The van der Waals surface area contributed by atoms with Crippen LogP contribution in [0.4, 0.5) is 17.1 Å². The second kappa shape index (κ2) is 8.61. The average Bonchev–Trinajstić information content (AvgIpc) is 2.78. The molecule has 160 valence electrons. The fraction of sp³-hybridized carbons (Fsp3) is 0.0455. The Morgan fingerprint density at radius 1 is 0.906 bits per heavy atom. The second-order valence-electron chi connectivity index (χ2n) is 6.95. The molecule has 0 atom stereocenters. The molecular formula is C22H18N6O3S. The third-order valence-electron chi connectivity index (χ3n) is 4.73. The first kappa shape index (κ1) is 21.2. The average molecular weight is 446 g/mol. The van der Waals surface area contributed by atoms with Crippen LogP contribution < -0.4 is 5.84 Å². The highest BCUT2D eigenvalue weighted by molar-refractivity contribution is 7.86. The smallest absolute Gasteiger partial charge is 0.295 e. The van der Waals surface area contributed by atoms with E-state index in [1.165, 1.54) is 6.07 Å². The Kier molecular flexibility index (Phi) is 5.71. The third kappa shape index (κ3) is 4.36. The highest BCUT2D eigenvalue weighted by Crippen LogP contribution is 2.40. The summed E-state index contributed by atoms with van der Waals surface area (Å²) < 4.78 is 33.6. The molecule has 10 heteroatoms. The number of hydrogen-bond donors (Lipinski definition) is 2. The summed E-state index contributed by atoms with van der Waals surface area (Å²) in [7, 11) is -4.52. The molecule has 3 aromatic carbocycles. The van der Waals surface area contributed by atoms with Crippen LogP contribution in [0.25, 0.3) is 22.0 Å². The summed E-state index contributed by atoms with van der Waals surface area (Å²) in [6, 6.07) is 19.2. The van der Waals surface area contributed by atoms with Crippen LogP contribution in [0, 0.1) is 6.92 Å². The molecule has 0 amide bonds. The fourth-order valence-corrected chi connectivity index (χ4v) is 4.01. The molecule has 0 fully saturated rings. The number of pyridine rings is 1. The summed E-state index contributed by atoms with van der Waals surface area (Å²) in [5.41, 5.74) is 3.63. The molecule has 0 aliphatic carbocycles. The lowest BCUT2D eigenvalue weighted by Crippen LogP contribution is -1.99. The maximum Gasteiger partial charge on any atom is 0.295 e. The number of aromatic nitrogens is 1.